The van der Waals surface area contributed by atoms with Crippen molar-refractivity contribution in [1.29, 1.82) is 0 Å². The summed E-state index contributed by atoms with van der Waals surface area (Å²) in [6, 6.07) is 12.6. The normalized spacial score (nSPS) is 14.6. The predicted molar refractivity (Wildman–Crippen MR) is 104 cm³/mol. The summed E-state index contributed by atoms with van der Waals surface area (Å²) in [6.07, 6.45) is -0.325. The van der Waals surface area contributed by atoms with E-state index >= 15 is 0 Å². The summed E-state index contributed by atoms with van der Waals surface area (Å²) >= 11 is 0. The Morgan fingerprint density at radius 2 is 1.31 bits per heavy atom. The van der Waals surface area contributed by atoms with Crippen LogP contribution in [0, 0.1) is 11.6 Å². The molecular formula is C19H24Cl2F2N2O. The highest BCUT2D eigenvalue weighted by atomic mass is 35.5. The molecule has 144 valence electrons. The van der Waals surface area contributed by atoms with E-state index in [2.05, 4.69) is 10.2 Å². The quantitative estimate of drug-likeness (QED) is 0.791. The van der Waals surface area contributed by atoms with Crippen molar-refractivity contribution in [1.82, 2.24) is 10.2 Å². The summed E-state index contributed by atoms with van der Waals surface area (Å²) in [5, 5.41) is 3.32. The van der Waals surface area contributed by atoms with E-state index in [1.165, 1.54) is 24.3 Å². The highest BCUT2D eigenvalue weighted by Crippen LogP contribution is 2.26. The molecule has 0 bridgehead atoms. The van der Waals surface area contributed by atoms with E-state index in [4.69, 9.17) is 4.74 Å². The molecule has 0 aromatic heterocycles. The Kier molecular flexibility index (Phi) is 10.1. The first-order chi connectivity index (χ1) is 11.7. The van der Waals surface area contributed by atoms with Crippen LogP contribution in [0.3, 0.4) is 0 Å². The molecule has 0 spiro atoms. The Balaban J connectivity index is 0.00000169. The summed E-state index contributed by atoms with van der Waals surface area (Å²) in [4.78, 5) is 2.35. The smallest absolute Gasteiger partial charge is 0.123 e. The Morgan fingerprint density at radius 1 is 0.846 bits per heavy atom. The Bertz CT molecular complexity index is 589. The van der Waals surface area contributed by atoms with Crippen LogP contribution in [0.4, 0.5) is 8.78 Å². The van der Waals surface area contributed by atoms with Crippen molar-refractivity contribution in [3.05, 3.63) is 71.3 Å². The second kappa shape index (κ2) is 11.5. The average molecular weight is 405 g/mol. The molecule has 3 nitrogen and oxygen atoms in total. The molecule has 1 N–H and O–H groups in total. The third-order valence-electron chi connectivity index (χ3n) is 4.25. The van der Waals surface area contributed by atoms with Gasteiger partial charge < -0.3 is 10.1 Å². The van der Waals surface area contributed by atoms with E-state index in [0.717, 1.165) is 43.9 Å². The molecule has 1 aliphatic heterocycles. The highest BCUT2D eigenvalue weighted by molar-refractivity contribution is 5.85. The molecule has 3 rings (SSSR count). The summed E-state index contributed by atoms with van der Waals surface area (Å²) in [5.74, 6) is -0.560. The topological polar surface area (TPSA) is 24.5 Å². The summed E-state index contributed by atoms with van der Waals surface area (Å²) in [7, 11) is 0. The van der Waals surface area contributed by atoms with Gasteiger partial charge in [-0.3, -0.25) is 4.90 Å². The zero-order valence-electron chi connectivity index (χ0n) is 14.4. The van der Waals surface area contributed by atoms with Gasteiger partial charge >= 0.3 is 0 Å². The SMILES string of the molecule is Cl.Cl.Fc1ccc(C(OCCN2CCNCC2)c2ccc(F)cc2)cc1. The van der Waals surface area contributed by atoms with Crippen molar-refractivity contribution in [2.75, 3.05) is 39.3 Å². The van der Waals surface area contributed by atoms with Crippen LogP contribution < -0.4 is 5.32 Å². The van der Waals surface area contributed by atoms with Crippen LogP contribution in [0.15, 0.2) is 48.5 Å². The predicted octanol–water partition coefficient (Wildman–Crippen LogP) is 3.82. The molecule has 1 heterocycles. The summed E-state index contributed by atoms with van der Waals surface area (Å²) in [6.45, 7) is 5.45. The van der Waals surface area contributed by atoms with Gasteiger partial charge in [-0.25, -0.2) is 8.78 Å². The minimum atomic E-state index is -0.325. The Hall–Kier alpha value is -1.24. The first-order valence-electron chi connectivity index (χ1n) is 8.28. The minimum Gasteiger partial charge on any atom is -0.367 e. The maximum Gasteiger partial charge on any atom is 0.123 e. The van der Waals surface area contributed by atoms with Gasteiger partial charge in [0.05, 0.1) is 6.61 Å². The third-order valence-corrected chi connectivity index (χ3v) is 4.25. The van der Waals surface area contributed by atoms with Gasteiger partial charge in [-0.1, -0.05) is 24.3 Å². The number of benzene rings is 2. The van der Waals surface area contributed by atoms with E-state index < -0.39 is 0 Å². The number of ether oxygens (including phenoxy) is 1. The molecule has 1 saturated heterocycles. The van der Waals surface area contributed by atoms with E-state index in [-0.39, 0.29) is 42.6 Å². The number of nitrogens with one attached hydrogen (secondary N) is 1. The molecule has 2 aromatic carbocycles. The molecule has 0 radical (unpaired) electrons. The number of rotatable bonds is 6. The van der Waals surface area contributed by atoms with Gasteiger partial charge in [0.25, 0.3) is 0 Å². The highest BCUT2D eigenvalue weighted by Gasteiger charge is 2.16. The molecule has 0 unspecified atom stereocenters. The van der Waals surface area contributed by atoms with Gasteiger partial charge in [-0.15, -0.1) is 24.8 Å². The molecule has 1 aliphatic rings. The second-order valence-electron chi connectivity index (χ2n) is 5.95. The van der Waals surface area contributed by atoms with Crippen LogP contribution in [0.2, 0.25) is 0 Å². The molecule has 26 heavy (non-hydrogen) atoms. The molecule has 0 amide bonds. The lowest BCUT2D eigenvalue weighted by atomic mass is 10.0. The minimum absolute atomic E-state index is 0. The number of halogens is 4. The van der Waals surface area contributed by atoms with Crippen molar-refractivity contribution in [2.24, 2.45) is 0 Å². The monoisotopic (exact) mass is 404 g/mol. The number of hydrogen-bond donors (Lipinski definition) is 1. The first-order valence-corrected chi connectivity index (χ1v) is 8.28. The zero-order valence-corrected chi connectivity index (χ0v) is 16.0. The van der Waals surface area contributed by atoms with E-state index in [0.29, 0.717) is 6.61 Å². The van der Waals surface area contributed by atoms with Crippen LogP contribution in [0.1, 0.15) is 17.2 Å². The van der Waals surface area contributed by atoms with Crippen LogP contribution in [0.25, 0.3) is 0 Å². The van der Waals surface area contributed by atoms with Crippen molar-refractivity contribution in [3.63, 3.8) is 0 Å². The molecule has 0 saturated carbocycles. The fourth-order valence-corrected chi connectivity index (χ4v) is 2.89. The van der Waals surface area contributed by atoms with Crippen molar-refractivity contribution in [2.45, 2.75) is 6.10 Å². The largest absolute Gasteiger partial charge is 0.367 e. The fraction of sp³-hybridized carbons (Fsp3) is 0.368. The molecule has 0 aliphatic carbocycles. The fourth-order valence-electron chi connectivity index (χ4n) is 2.89. The van der Waals surface area contributed by atoms with E-state index in [1.807, 2.05) is 0 Å². The number of nitrogens with zero attached hydrogens (tertiary/aromatic N) is 1. The zero-order chi connectivity index (χ0) is 16.8. The second-order valence-corrected chi connectivity index (χ2v) is 5.95. The average Bonchev–Trinajstić information content (AvgIpc) is 2.62. The van der Waals surface area contributed by atoms with Crippen LogP contribution in [-0.4, -0.2) is 44.2 Å². The first kappa shape index (κ1) is 22.8. The molecule has 2 aromatic rings. The van der Waals surface area contributed by atoms with Gasteiger partial charge in [0.2, 0.25) is 0 Å². The van der Waals surface area contributed by atoms with Gasteiger partial charge in [0.1, 0.15) is 17.7 Å². The van der Waals surface area contributed by atoms with Crippen LogP contribution in [0.5, 0.6) is 0 Å². The molecular weight excluding hydrogens is 381 g/mol. The molecule has 7 heteroatoms. The van der Waals surface area contributed by atoms with Crippen LogP contribution >= 0.6 is 24.8 Å². The molecule has 1 fully saturated rings. The Labute approximate surface area is 165 Å². The lowest BCUT2D eigenvalue weighted by molar-refractivity contribution is 0.0572. The lowest BCUT2D eigenvalue weighted by Crippen LogP contribution is -2.44. The third kappa shape index (κ3) is 6.49. The number of piperazine rings is 1. The maximum atomic E-state index is 13.2. The van der Waals surface area contributed by atoms with Gasteiger partial charge in [0, 0.05) is 32.7 Å². The van der Waals surface area contributed by atoms with E-state index in [1.54, 1.807) is 24.3 Å². The number of hydrogen-bond acceptors (Lipinski definition) is 3. The van der Waals surface area contributed by atoms with Crippen molar-refractivity contribution in [3.8, 4) is 0 Å². The van der Waals surface area contributed by atoms with Gasteiger partial charge in [-0.05, 0) is 35.4 Å². The van der Waals surface area contributed by atoms with Crippen LogP contribution in [-0.2, 0) is 4.74 Å². The summed E-state index contributed by atoms with van der Waals surface area (Å²) < 4.78 is 32.5. The van der Waals surface area contributed by atoms with E-state index in [9.17, 15) is 8.78 Å². The maximum absolute atomic E-state index is 13.2. The Morgan fingerprint density at radius 3 is 1.77 bits per heavy atom. The lowest BCUT2D eigenvalue weighted by Gasteiger charge is -2.28. The standard InChI is InChI=1S/C19H22F2N2O.2ClH/c20-17-5-1-15(2-6-17)19(16-3-7-18(21)8-4-16)24-14-13-23-11-9-22-10-12-23;;/h1-8,19,22H,9-14H2;2*1H. The van der Waals surface area contributed by atoms with Gasteiger partial charge in [-0.2, -0.15) is 0 Å². The van der Waals surface area contributed by atoms with Crippen molar-refractivity contribution < 1.29 is 13.5 Å². The molecule has 0 atom stereocenters. The summed E-state index contributed by atoms with van der Waals surface area (Å²) in [5.41, 5.74) is 1.73. The van der Waals surface area contributed by atoms with Crippen molar-refractivity contribution >= 4 is 24.8 Å². The van der Waals surface area contributed by atoms with Gasteiger partial charge in [0.15, 0.2) is 0 Å².